The van der Waals surface area contributed by atoms with Gasteiger partial charge in [-0.3, -0.25) is 4.79 Å². The van der Waals surface area contributed by atoms with Crippen LogP contribution in [0.25, 0.3) is 0 Å². The Hall–Kier alpha value is -1.44. The zero-order valence-corrected chi connectivity index (χ0v) is 14.2. The van der Waals surface area contributed by atoms with Crippen LogP contribution in [0.2, 0.25) is 0 Å². The van der Waals surface area contributed by atoms with Gasteiger partial charge in [-0.2, -0.15) is 0 Å². The molecule has 0 saturated heterocycles. The third kappa shape index (κ3) is 5.40. The third-order valence-corrected chi connectivity index (χ3v) is 4.99. The molecular formula is C15H25N3O3S. The summed E-state index contributed by atoms with van der Waals surface area (Å²) in [5.74, 6) is -0.187. The molecule has 0 unspecified atom stereocenters. The molecule has 1 aromatic rings. The van der Waals surface area contributed by atoms with E-state index in [-0.39, 0.29) is 18.9 Å². The molecule has 22 heavy (non-hydrogen) atoms. The summed E-state index contributed by atoms with van der Waals surface area (Å²) in [6.07, 6.45) is 0.812. The third-order valence-electron chi connectivity index (χ3n) is 3.22. The number of rotatable bonds is 8. The summed E-state index contributed by atoms with van der Waals surface area (Å²) in [6.45, 7) is 6.57. The summed E-state index contributed by atoms with van der Waals surface area (Å²) < 4.78 is 27.2. The van der Waals surface area contributed by atoms with Crippen molar-refractivity contribution in [1.29, 1.82) is 0 Å². The summed E-state index contributed by atoms with van der Waals surface area (Å²) in [5, 5.41) is 2.69. The van der Waals surface area contributed by atoms with E-state index in [1.165, 1.54) is 0 Å². The quantitative estimate of drug-likeness (QED) is 0.613. The zero-order valence-electron chi connectivity index (χ0n) is 13.4. The summed E-state index contributed by atoms with van der Waals surface area (Å²) >= 11 is 0. The van der Waals surface area contributed by atoms with Crippen LogP contribution < -0.4 is 15.8 Å². The molecule has 0 fully saturated rings. The Labute approximate surface area is 132 Å². The SMILES string of the molecule is Cc1cc(C)c(S(=O)(=O)NCCC(=O)NCCCN)c(C)c1. The van der Waals surface area contributed by atoms with E-state index in [1.807, 2.05) is 19.1 Å². The molecular weight excluding hydrogens is 302 g/mol. The number of nitrogens with two attached hydrogens (primary N) is 1. The summed E-state index contributed by atoms with van der Waals surface area (Å²) in [7, 11) is -3.61. The predicted molar refractivity (Wildman–Crippen MR) is 87.1 cm³/mol. The van der Waals surface area contributed by atoms with Crippen molar-refractivity contribution >= 4 is 15.9 Å². The lowest BCUT2D eigenvalue weighted by atomic mass is 10.1. The van der Waals surface area contributed by atoms with Crippen LogP contribution >= 0.6 is 0 Å². The second-order valence-electron chi connectivity index (χ2n) is 5.37. The molecule has 0 aliphatic heterocycles. The average molecular weight is 327 g/mol. The lowest BCUT2D eigenvalue weighted by Crippen LogP contribution is -2.32. The van der Waals surface area contributed by atoms with E-state index in [4.69, 9.17) is 5.73 Å². The largest absolute Gasteiger partial charge is 0.356 e. The Kier molecular flexibility index (Phi) is 6.99. The van der Waals surface area contributed by atoms with Gasteiger partial charge in [0.15, 0.2) is 0 Å². The van der Waals surface area contributed by atoms with Crippen molar-refractivity contribution in [2.24, 2.45) is 5.73 Å². The van der Waals surface area contributed by atoms with Crippen LogP contribution in [-0.2, 0) is 14.8 Å². The number of carbonyl (C=O) groups is 1. The topological polar surface area (TPSA) is 101 Å². The Morgan fingerprint density at radius 1 is 1.14 bits per heavy atom. The first-order valence-electron chi connectivity index (χ1n) is 7.32. The highest BCUT2D eigenvalue weighted by Gasteiger charge is 2.19. The van der Waals surface area contributed by atoms with Crippen molar-refractivity contribution in [2.75, 3.05) is 19.6 Å². The van der Waals surface area contributed by atoms with Gasteiger partial charge in [0.25, 0.3) is 0 Å². The van der Waals surface area contributed by atoms with E-state index in [0.717, 1.165) is 5.56 Å². The van der Waals surface area contributed by atoms with Gasteiger partial charge in [0, 0.05) is 19.5 Å². The van der Waals surface area contributed by atoms with Gasteiger partial charge in [0.1, 0.15) is 0 Å². The van der Waals surface area contributed by atoms with Gasteiger partial charge in [-0.25, -0.2) is 13.1 Å². The minimum atomic E-state index is -3.61. The molecule has 6 nitrogen and oxygen atoms in total. The highest BCUT2D eigenvalue weighted by atomic mass is 32.2. The Balaban J connectivity index is 2.64. The second kappa shape index (κ2) is 8.26. The van der Waals surface area contributed by atoms with E-state index in [0.29, 0.717) is 35.5 Å². The Morgan fingerprint density at radius 3 is 2.27 bits per heavy atom. The molecule has 0 heterocycles. The predicted octanol–water partition coefficient (Wildman–Crippen LogP) is 0.745. The first-order valence-corrected chi connectivity index (χ1v) is 8.80. The maximum Gasteiger partial charge on any atom is 0.241 e. The lowest BCUT2D eigenvalue weighted by molar-refractivity contribution is -0.120. The minimum absolute atomic E-state index is 0.0730. The fourth-order valence-electron chi connectivity index (χ4n) is 2.38. The zero-order chi connectivity index (χ0) is 16.8. The van der Waals surface area contributed by atoms with Gasteiger partial charge in [0.2, 0.25) is 15.9 Å². The lowest BCUT2D eigenvalue weighted by Gasteiger charge is -2.13. The molecule has 7 heteroatoms. The molecule has 0 aromatic heterocycles. The maximum atomic E-state index is 12.4. The van der Waals surface area contributed by atoms with Crippen LogP contribution in [0.15, 0.2) is 17.0 Å². The summed E-state index contributed by atoms with van der Waals surface area (Å²) in [5.41, 5.74) is 7.77. The molecule has 0 aliphatic carbocycles. The van der Waals surface area contributed by atoms with Crippen LogP contribution in [0, 0.1) is 20.8 Å². The van der Waals surface area contributed by atoms with Crippen LogP contribution in [0.1, 0.15) is 29.5 Å². The van der Waals surface area contributed by atoms with E-state index in [9.17, 15) is 13.2 Å². The fraction of sp³-hybridized carbons (Fsp3) is 0.533. The van der Waals surface area contributed by atoms with Crippen LogP contribution in [0.4, 0.5) is 0 Å². The van der Waals surface area contributed by atoms with E-state index in [1.54, 1.807) is 13.8 Å². The van der Waals surface area contributed by atoms with Gasteiger partial charge in [-0.1, -0.05) is 17.7 Å². The Bertz CT molecular complexity index is 604. The molecule has 0 aliphatic rings. The highest BCUT2D eigenvalue weighted by molar-refractivity contribution is 7.89. The van der Waals surface area contributed by atoms with Crippen molar-refractivity contribution in [3.8, 4) is 0 Å². The minimum Gasteiger partial charge on any atom is -0.356 e. The molecule has 124 valence electrons. The number of carbonyl (C=O) groups excluding carboxylic acids is 1. The van der Waals surface area contributed by atoms with E-state index >= 15 is 0 Å². The molecule has 4 N–H and O–H groups in total. The Morgan fingerprint density at radius 2 is 1.73 bits per heavy atom. The number of sulfonamides is 1. The van der Waals surface area contributed by atoms with Crippen molar-refractivity contribution in [2.45, 2.75) is 38.5 Å². The number of nitrogens with one attached hydrogen (secondary N) is 2. The second-order valence-corrected chi connectivity index (χ2v) is 7.07. The molecule has 1 aromatic carbocycles. The van der Waals surface area contributed by atoms with E-state index < -0.39 is 10.0 Å². The highest BCUT2D eigenvalue weighted by Crippen LogP contribution is 2.21. The number of amides is 1. The van der Waals surface area contributed by atoms with Gasteiger partial charge in [0.05, 0.1) is 4.90 Å². The number of hydrogen-bond acceptors (Lipinski definition) is 4. The normalized spacial score (nSPS) is 11.5. The first-order chi connectivity index (χ1) is 10.3. The number of benzene rings is 1. The van der Waals surface area contributed by atoms with E-state index in [2.05, 4.69) is 10.0 Å². The average Bonchev–Trinajstić information content (AvgIpc) is 2.36. The molecule has 1 amide bonds. The van der Waals surface area contributed by atoms with Crippen LogP contribution in [-0.4, -0.2) is 34.0 Å². The molecule has 0 radical (unpaired) electrons. The fourth-order valence-corrected chi connectivity index (χ4v) is 3.86. The van der Waals surface area contributed by atoms with Crippen LogP contribution in [0.3, 0.4) is 0 Å². The van der Waals surface area contributed by atoms with Crippen molar-refractivity contribution in [3.63, 3.8) is 0 Å². The summed E-state index contributed by atoms with van der Waals surface area (Å²) in [4.78, 5) is 11.8. The van der Waals surface area contributed by atoms with Gasteiger partial charge in [-0.05, 0) is 44.9 Å². The summed E-state index contributed by atoms with van der Waals surface area (Å²) in [6, 6.07) is 3.67. The molecule has 0 bridgehead atoms. The number of aryl methyl sites for hydroxylation is 3. The number of hydrogen-bond donors (Lipinski definition) is 3. The van der Waals surface area contributed by atoms with Crippen molar-refractivity contribution in [1.82, 2.24) is 10.0 Å². The van der Waals surface area contributed by atoms with Crippen molar-refractivity contribution < 1.29 is 13.2 Å². The van der Waals surface area contributed by atoms with Gasteiger partial charge >= 0.3 is 0 Å². The molecule has 0 spiro atoms. The van der Waals surface area contributed by atoms with Gasteiger partial charge < -0.3 is 11.1 Å². The standard InChI is InChI=1S/C15H25N3O3S/c1-11-9-12(2)15(13(3)10-11)22(20,21)18-8-5-14(19)17-7-4-6-16/h9-10,18H,4-8,16H2,1-3H3,(H,17,19). The smallest absolute Gasteiger partial charge is 0.241 e. The molecule has 1 rings (SSSR count). The monoisotopic (exact) mass is 327 g/mol. The van der Waals surface area contributed by atoms with Crippen LogP contribution in [0.5, 0.6) is 0 Å². The molecule has 0 saturated carbocycles. The maximum absolute atomic E-state index is 12.4. The van der Waals surface area contributed by atoms with Gasteiger partial charge in [-0.15, -0.1) is 0 Å². The molecule has 0 atom stereocenters. The first kappa shape index (κ1) is 18.6. The van der Waals surface area contributed by atoms with Crippen molar-refractivity contribution in [3.05, 3.63) is 28.8 Å².